The van der Waals surface area contributed by atoms with Gasteiger partial charge in [0.1, 0.15) is 0 Å². The summed E-state index contributed by atoms with van der Waals surface area (Å²) in [6.45, 7) is 11.8. The Morgan fingerprint density at radius 2 is 1.83 bits per heavy atom. The highest BCUT2D eigenvalue weighted by Crippen LogP contribution is 2.67. The predicted molar refractivity (Wildman–Crippen MR) is 118 cm³/mol. The van der Waals surface area contributed by atoms with Crippen LogP contribution in [-0.2, 0) is 9.59 Å². The van der Waals surface area contributed by atoms with Crippen LogP contribution in [0.25, 0.3) is 0 Å². The van der Waals surface area contributed by atoms with Crippen molar-refractivity contribution < 1.29 is 9.59 Å². The predicted octanol–water partition coefficient (Wildman–Crippen LogP) is 6.55. The third-order valence-electron chi connectivity index (χ3n) is 9.54. The molecule has 3 fully saturated rings. The fraction of sp³-hybridized carbons (Fsp3) is 0.778. The van der Waals surface area contributed by atoms with Gasteiger partial charge in [-0.3, -0.25) is 9.59 Å². The molecule has 0 N–H and O–H groups in total. The number of hydrogen-bond acceptors (Lipinski definition) is 2. The zero-order valence-electron chi connectivity index (χ0n) is 19.2. The minimum Gasteiger partial charge on any atom is -0.295 e. The zero-order valence-corrected chi connectivity index (χ0v) is 19.2. The Morgan fingerprint density at radius 1 is 1.07 bits per heavy atom. The Bertz CT molecular complexity index is 744. The van der Waals surface area contributed by atoms with Crippen molar-refractivity contribution in [3.8, 4) is 0 Å². The van der Waals surface area contributed by atoms with E-state index < -0.39 is 0 Å². The molecule has 0 bridgehead atoms. The van der Waals surface area contributed by atoms with Crippen LogP contribution >= 0.6 is 0 Å². The molecule has 3 saturated carbocycles. The molecule has 7 atom stereocenters. The molecular formula is C27H40O2. The van der Waals surface area contributed by atoms with Gasteiger partial charge in [0.25, 0.3) is 0 Å². The lowest BCUT2D eigenvalue weighted by Gasteiger charge is -2.57. The summed E-state index contributed by atoms with van der Waals surface area (Å²) in [7, 11) is 0. The Kier molecular flexibility index (Phi) is 5.45. The van der Waals surface area contributed by atoms with E-state index in [1.165, 1.54) is 32.1 Å². The monoisotopic (exact) mass is 396 g/mol. The van der Waals surface area contributed by atoms with Crippen molar-refractivity contribution in [3.05, 3.63) is 23.8 Å². The lowest BCUT2D eigenvalue weighted by Crippen LogP contribution is -2.53. The van der Waals surface area contributed by atoms with E-state index >= 15 is 0 Å². The average Bonchev–Trinajstić information content (AvgIpc) is 3.00. The molecule has 0 radical (unpaired) electrons. The van der Waals surface area contributed by atoms with Gasteiger partial charge in [0, 0.05) is 18.4 Å². The van der Waals surface area contributed by atoms with E-state index in [0.29, 0.717) is 41.9 Å². The van der Waals surface area contributed by atoms with Gasteiger partial charge >= 0.3 is 0 Å². The van der Waals surface area contributed by atoms with Gasteiger partial charge in [0.05, 0.1) is 0 Å². The minimum absolute atomic E-state index is 0.0594. The maximum Gasteiger partial charge on any atom is 0.159 e. The molecule has 0 heterocycles. The number of Topliss-reactive ketones (excluding diaryl/α,β-unsaturated/α-hetero) is 1. The summed E-state index contributed by atoms with van der Waals surface area (Å²) < 4.78 is 0. The second-order valence-electron chi connectivity index (χ2n) is 11.6. The lowest BCUT2D eigenvalue weighted by molar-refractivity contribution is -0.131. The van der Waals surface area contributed by atoms with E-state index in [9.17, 15) is 9.59 Å². The molecule has 0 spiro atoms. The van der Waals surface area contributed by atoms with Gasteiger partial charge in [-0.05, 0) is 90.9 Å². The van der Waals surface area contributed by atoms with Crippen molar-refractivity contribution in [2.45, 2.75) is 86.0 Å². The molecule has 2 heteroatoms. The number of carbonyl (C=O) groups excluding carboxylic acids is 2. The van der Waals surface area contributed by atoms with Crippen LogP contribution < -0.4 is 0 Å². The van der Waals surface area contributed by atoms with Gasteiger partial charge in [0.2, 0.25) is 0 Å². The van der Waals surface area contributed by atoms with Crippen LogP contribution in [0.1, 0.15) is 86.0 Å². The van der Waals surface area contributed by atoms with E-state index in [4.69, 9.17) is 0 Å². The highest BCUT2D eigenvalue weighted by atomic mass is 16.1. The fourth-order valence-electron chi connectivity index (χ4n) is 7.99. The van der Waals surface area contributed by atoms with Gasteiger partial charge in [0.15, 0.2) is 11.6 Å². The third kappa shape index (κ3) is 3.39. The van der Waals surface area contributed by atoms with Crippen molar-refractivity contribution in [2.75, 3.05) is 0 Å². The molecule has 0 aromatic carbocycles. The molecule has 4 aliphatic carbocycles. The summed E-state index contributed by atoms with van der Waals surface area (Å²) in [6.07, 6.45) is 15.1. The number of rotatable bonds is 4. The maximum absolute atomic E-state index is 13.1. The highest BCUT2D eigenvalue weighted by Gasteiger charge is 2.60. The van der Waals surface area contributed by atoms with Gasteiger partial charge in [-0.25, -0.2) is 0 Å². The molecular weight excluding hydrogens is 356 g/mol. The molecule has 4 aliphatic rings. The largest absolute Gasteiger partial charge is 0.295 e. The normalized spacial score (nSPS) is 43.2. The van der Waals surface area contributed by atoms with E-state index in [-0.39, 0.29) is 17.0 Å². The van der Waals surface area contributed by atoms with Crippen LogP contribution in [0.2, 0.25) is 0 Å². The van der Waals surface area contributed by atoms with E-state index in [0.717, 1.165) is 23.8 Å². The topological polar surface area (TPSA) is 34.1 Å². The molecule has 0 unspecified atom stereocenters. The van der Waals surface area contributed by atoms with Crippen molar-refractivity contribution in [1.82, 2.24) is 0 Å². The number of ketones is 2. The standard InChI is InChI=1S/C27H40O2/c1-17(2)7-6-8-18(3)21-9-10-22-20-16-25(29)24-15-19(28)11-13-27(24,5)23(20)12-14-26(21,22)4/h6,8,15,17-18,20-23H,7,9-14,16H2,1-5H3/b8-6+/t18-,20+,21-,22+,23+,26-,27-/m1/s1. The van der Waals surface area contributed by atoms with Crippen molar-refractivity contribution in [1.29, 1.82) is 0 Å². The first-order valence-electron chi connectivity index (χ1n) is 12.1. The first-order chi connectivity index (χ1) is 13.7. The van der Waals surface area contributed by atoms with Gasteiger partial charge < -0.3 is 0 Å². The molecule has 2 nitrogen and oxygen atoms in total. The van der Waals surface area contributed by atoms with Crippen LogP contribution in [0.4, 0.5) is 0 Å². The Hall–Kier alpha value is -1.18. The Labute approximate surface area is 177 Å². The van der Waals surface area contributed by atoms with E-state index in [2.05, 4.69) is 46.8 Å². The van der Waals surface area contributed by atoms with Gasteiger partial charge in [-0.2, -0.15) is 0 Å². The maximum atomic E-state index is 13.1. The summed E-state index contributed by atoms with van der Waals surface area (Å²) in [6, 6.07) is 0. The summed E-state index contributed by atoms with van der Waals surface area (Å²) in [5, 5.41) is 0. The van der Waals surface area contributed by atoms with Crippen LogP contribution in [0.5, 0.6) is 0 Å². The molecule has 160 valence electrons. The minimum atomic E-state index is -0.0594. The molecule has 0 amide bonds. The molecule has 29 heavy (non-hydrogen) atoms. The van der Waals surface area contributed by atoms with Crippen LogP contribution in [0.3, 0.4) is 0 Å². The molecule has 0 aromatic heterocycles. The molecule has 0 aliphatic heterocycles. The third-order valence-corrected chi connectivity index (χ3v) is 9.54. The SMILES string of the molecule is CC(C)C/C=C/[C@@H](C)[C@H]1CC[C@H]2[C@@H]3CC(=O)C4=CC(=O)CC[C@]4(C)[C@H]3CC[C@]12C. The first kappa shape index (κ1) is 21.1. The second kappa shape index (κ2) is 7.50. The molecule has 0 aromatic rings. The number of hydrogen-bond donors (Lipinski definition) is 0. The Morgan fingerprint density at radius 3 is 2.55 bits per heavy atom. The molecule has 4 rings (SSSR count). The van der Waals surface area contributed by atoms with Crippen LogP contribution in [0.15, 0.2) is 23.8 Å². The quantitative estimate of drug-likeness (QED) is 0.505. The molecule has 0 saturated heterocycles. The highest BCUT2D eigenvalue weighted by molar-refractivity contribution is 6.05. The lowest BCUT2D eigenvalue weighted by atomic mass is 9.46. The first-order valence-corrected chi connectivity index (χ1v) is 12.1. The van der Waals surface area contributed by atoms with Crippen LogP contribution in [-0.4, -0.2) is 11.6 Å². The summed E-state index contributed by atoms with van der Waals surface area (Å²) in [4.78, 5) is 25.1. The number of fused-ring (bicyclic) bond motifs is 5. The van der Waals surface area contributed by atoms with Crippen molar-refractivity contribution in [2.24, 2.45) is 46.3 Å². The number of allylic oxidation sites excluding steroid dienone is 3. The van der Waals surface area contributed by atoms with E-state index in [1.54, 1.807) is 6.08 Å². The zero-order chi connectivity index (χ0) is 21.0. The van der Waals surface area contributed by atoms with Crippen LogP contribution in [0, 0.1) is 46.3 Å². The number of carbonyl (C=O) groups is 2. The Balaban J connectivity index is 1.57. The van der Waals surface area contributed by atoms with Crippen molar-refractivity contribution >= 4 is 11.6 Å². The average molecular weight is 397 g/mol. The summed E-state index contributed by atoms with van der Waals surface area (Å²) in [5.41, 5.74) is 1.18. The van der Waals surface area contributed by atoms with Crippen molar-refractivity contribution in [3.63, 3.8) is 0 Å². The second-order valence-corrected chi connectivity index (χ2v) is 11.6. The fourth-order valence-corrected chi connectivity index (χ4v) is 7.99. The van der Waals surface area contributed by atoms with Gasteiger partial charge in [-0.1, -0.05) is 46.8 Å². The van der Waals surface area contributed by atoms with E-state index in [1.807, 2.05) is 0 Å². The van der Waals surface area contributed by atoms with Gasteiger partial charge in [-0.15, -0.1) is 0 Å². The summed E-state index contributed by atoms with van der Waals surface area (Å²) in [5.74, 6) is 4.30. The summed E-state index contributed by atoms with van der Waals surface area (Å²) >= 11 is 0. The smallest absolute Gasteiger partial charge is 0.159 e.